The van der Waals surface area contributed by atoms with E-state index in [4.69, 9.17) is 11.0 Å². The fraction of sp³-hybridized carbons (Fsp3) is 0.346. The molecule has 3 aromatic rings. The Morgan fingerprint density at radius 3 is 2.43 bits per heavy atom. The zero-order valence-corrected chi connectivity index (χ0v) is 19.0. The molecule has 1 atom stereocenters. The molecule has 2 fully saturated rings. The van der Waals surface area contributed by atoms with E-state index < -0.39 is 29.0 Å². The minimum absolute atomic E-state index is 0.0241. The number of hydrogen-bond donors (Lipinski definition) is 1. The average molecular weight is 480 g/mol. The summed E-state index contributed by atoms with van der Waals surface area (Å²) in [5.41, 5.74) is 6.41. The van der Waals surface area contributed by atoms with Crippen molar-refractivity contribution in [3.8, 4) is 23.0 Å². The standard InChI is InChI=1S/C26H24F3N5O/c27-20-9-16(6-7-17(20)13-30)24-12-23(26(35)33-8-2-1-3-19(31)14-33)32-34(24)25-21(28)10-18(11-22(25)29)15-4-5-15/h6-7,9-12,15,19H,1-5,8,14,31H2. The van der Waals surface area contributed by atoms with E-state index in [0.717, 1.165) is 42.9 Å². The van der Waals surface area contributed by atoms with Gasteiger partial charge in [0.15, 0.2) is 17.3 Å². The summed E-state index contributed by atoms with van der Waals surface area (Å²) in [6, 6.07) is 9.38. The topological polar surface area (TPSA) is 87.9 Å². The number of aromatic nitrogens is 2. The predicted molar refractivity (Wildman–Crippen MR) is 123 cm³/mol. The van der Waals surface area contributed by atoms with E-state index in [1.54, 1.807) is 11.0 Å². The Morgan fingerprint density at radius 2 is 1.77 bits per heavy atom. The lowest BCUT2D eigenvalue weighted by atomic mass is 10.1. The highest BCUT2D eigenvalue weighted by atomic mass is 19.1. The molecule has 2 heterocycles. The van der Waals surface area contributed by atoms with E-state index in [0.29, 0.717) is 18.7 Å². The Hall–Kier alpha value is -3.64. The summed E-state index contributed by atoms with van der Waals surface area (Å²) in [5.74, 6) is -2.69. The molecule has 2 aliphatic rings. The molecule has 9 heteroatoms. The van der Waals surface area contributed by atoms with Crippen molar-refractivity contribution in [2.75, 3.05) is 13.1 Å². The third-order valence-electron chi connectivity index (χ3n) is 6.61. The van der Waals surface area contributed by atoms with Gasteiger partial charge in [0.05, 0.1) is 11.3 Å². The highest BCUT2D eigenvalue weighted by molar-refractivity contribution is 5.93. The van der Waals surface area contributed by atoms with E-state index in [2.05, 4.69) is 5.10 Å². The summed E-state index contributed by atoms with van der Waals surface area (Å²) in [4.78, 5) is 14.9. The molecule has 1 saturated heterocycles. The van der Waals surface area contributed by atoms with Crippen LogP contribution in [0.15, 0.2) is 36.4 Å². The van der Waals surface area contributed by atoms with Gasteiger partial charge in [-0.1, -0.05) is 12.5 Å². The molecule has 1 saturated carbocycles. The van der Waals surface area contributed by atoms with Gasteiger partial charge in [-0.05, 0) is 67.5 Å². The molecule has 0 bridgehead atoms. The second-order valence-corrected chi connectivity index (χ2v) is 9.25. The molecule has 0 radical (unpaired) electrons. The van der Waals surface area contributed by atoms with E-state index >= 15 is 8.78 Å². The van der Waals surface area contributed by atoms with Crippen LogP contribution in [-0.2, 0) is 0 Å². The lowest BCUT2D eigenvalue weighted by Crippen LogP contribution is -2.39. The fourth-order valence-electron chi connectivity index (χ4n) is 4.59. The molecule has 6 nitrogen and oxygen atoms in total. The number of benzene rings is 2. The van der Waals surface area contributed by atoms with Gasteiger partial charge in [0, 0.05) is 24.7 Å². The van der Waals surface area contributed by atoms with Gasteiger partial charge in [-0.25, -0.2) is 17.9 Å². The van der Waals surface area contributed by atoms with Crippen LogP contribution >= 0.6 is 0 Å². The first-order valence-corrected chi connectivity index (χ1v) is 11.7. The van der Waals surface area contributed by atoms with Crippen molar-refractivity contribution in [3.05, 3.63) is 70.7 Å². The molecule has 1 aromatic heterocycles. The number of nitrogens with two attached hydrogens (primary N) is 1. The number of nitrogens with zero attached hydrogens (tertiary/aromatic N) is 4. The highest BCUT2D eigenvalue weighted by Gasteiger charge is 2.29. The Morgan fingerprint density at radius 1 is 1.03 bits per heavy atom. The third-order valence-corrected chi connectivity index (χ3v) is 6.61. The van der Waals surface area contributed by atoms with Gasteiger partial charge in [-0.15, -0.1) is 0 Å². The van der Waals surface area contributed by atoms with Crippen LogP contribution in [0.4, 0.5) is 13.2 Å². The Labute approximate surface area is 200 Å². The SMILES string of the molecule is N#Cc1ccc(-c2cc(C(=O)N3CCCCC(N)C3)nn2-c2c(F)cc(C3CC3)cc2F)cc1F. The monoisotopic (exact) mass is 479 g/mol. The maximum Gasteiger partial charge on any atom is 0.274 e. The minimum Gasteiger partial charge on any atom is -0.336 e. The lowest BCUT2D eigenvalue weighted by Gasteiger charge is -2.21. The second kappa shape index (κ2) is 9.19. The van der Waals surface area contributed by atoms with Crippen LogP contribution in [0.2, 0.25) is 0 Å². The summed E-state index contributed by atoms with van der Waals surface area (Å²) in [5, 5.41) is 13.3. The molecule has 35 heavy (non-hydrogen) atoms. The van der Waals surface area contributed by atoms with Crippen molar-refractivity contribution >= 4 is 5.91 Å². The third kappa shape index (κ3) is 4.54. The van der Waals surface area contributed by atoms with Crippen LogP contribution in [0.1, 0.15) is 59.6 Å². The van der Waals surface area contributed by atoms with Crippen molar-refractivity contribution in [2.45, 2.75) is 44.1 Å². The van der Waals surface area contributed by atoms with Gasteiger partial charge in [0.1, 0.15) is 17.6 Å². The fourth-order valence-corrected chi connectivity index (χ4v) is 4.59. The summed E-state index contributed by atoms with van der Waals surface area (Å²) in [6.07, 6.45) is 4.26. The van der Waals surface area contributed by atoms with Crippen molar-refractivity contribution < 1.29 is 18.0 Å². The van der Waals surface area contributed by atoms with Crippen LogP contribution in [0.25, 0.3) is 16.9 Å². The van der Waals surface area contributed by atoms with Gasteiger partial charge in [-0.3, -0.25) is 4.79 Å². The number of carbonyl (C=O) groups excluding carboxylic acids is 1. The van der Waals surface area contributed by atoms with Crippen LogP contribution in [-0.4, -0.2) is 39.7 Å². The molecule has 1 aliphatic carbocycles. The molecule has 5 rings (SSSR count). The number of likely N-dealkylation sites (tertiary alicyclic amines) is 1. The maximum atomic E-state index is 15.2. The number of rotatable bonds is 4. The van der Waals surface area contributed by atoms with E-state index in [9.17, 15) is 9.18 Å². The molecule has 2 N–H and O–H groups in total. The van der Waals surface area contributed by atoms with Crippen molar-refractivity contribution in [3.63, 3.8) is 0 Å². The molecule has 1 unspecified atom stereocenters. The van der Waals surface area contributed by atoms with E-state index in [1.807, 2.05) is 0 Å². The van der Waals surface area contributed by atoms with Gasteiger partial charge in [-0.2, -0.15) is 10.4 Å². The minimum atomic E-state index is -0.818. The van der Waals surface area contributed by atoms with Gasteiger partial charge >= 0.3 is 0 Å². The molecule has 1 aliphatic heterocycles. The smallest absolute Gasteiger partial charge is 0.274 e. The number of amides is 1. The zero-order chi connectivity index (χ0) is 24.7. The number of nitriles is 1. The van der Waals surface area contributed by atoms with Crippen molar-refractivity contribution in [1.82, 2.24) is 14.7 Å². The van der Waals surface area contributed by atoms with Crippen LogP contribution in [0, 0.1) is 28.8 Å². The molecular formula is C26H24F3N5O. The first-order valence-electron chi connectivity index (χ1n) is 11.7. The molecule has 0 spiro atoms. The van der Waals surface area contributed by atoms with Crippen molar-refractivity contribution in [1.29, 1.82) is 5.26 Å². The lowest BCUT2D eigenvalue weighted by molar-refractivity contribution is 0.0748. The van der Waals surface area contributed by atoms with Gasteiger partial charge in [0.2, 0.25) is 0 Å². The Balaban J connectivity index is 1.63. The Bertz CT molecular complexity index is 1320. The molecular weight excluding hydrogens is 455 g/mol. The molecule has 2 aromatic carbocycles. The predicted octanol–water partition coefficient (Wildman–Crippen LogP) is 4.66. The van der Waals surface area contributed by atoms with Gasteiger partial charge in [0.25, 0.3) is 5.91 Å². The number of hydrogen-bond acceptors (Lipinski definition) is 4. The Kier molecular flexibility index (Phi) is 6.07. The highest BCUT2D eigenvalue weighted by Crippen LogP contribution is 2.41. The van der Waals surface area contributed by atoms with Crippen LogP contribution in [0.5, 0.6) is 0 Å². The van der Waals surface area contributed by atoms with E-state index in [-0.39, 0.29) is 34.5 Å². The van der Waals surface area contributed by atoms with Crippen molar-refractivity contribution in [2.24, 2.45) is 5.73 Å². The van der Waals surface area contributed by atoms with Gasteiger partial charge < -0.3 is 10.6 Å². The quantitative estimate of drug-likeness (QED) is 0.590. The van der Waals surface area contributed by atoms with Crippen LogP contribution in [0.3, 0.4) is 0 Å². The van der Waals surface area contributed by atoms with Crippen LogP contribution < -0.4 is 5.73 Å². The molecule has 1 amide bonds. The summed E-state index contributed by atoms with van der Waals surface area (Å²) in [7, 11) is 0. The second-order valence-electron chi connectivity index (χ2n) is 9.25. The normalized spacial score (nSPS) is 18.3. The summed E-state index contributed by atoms with van der Waals surface area (Å²) < 4.78 is 45.9. The first-order chi connectivity index (χ1) is 16.9. The molecule has 180 valence electrons. The average Bonchev–Trinajstić information content (AvgIpc) is 3.62. The largest absolute Gasteiger partial charge is 0.336 e. The number of halogens is 3. The maximum absolute atomic E-state index is 15.2. The zero-order valence-electron chi connectivity index (χ0n) is 19.0. The summed E-state index contributed by atoms with van der Waals surface area (Å²) >= 11 is 0. The first kappa shape index (κ1) is 23.1. The number of carbonyl (C=O) groups is 1. The summed E-state index contributed by atoms with van der Waals surface area (Å²) in [6.45, 7) is 0.852. The van der Waals surface area contributed by atoms with E-state index in [1.165, 1.54) is 30.3 Å².